The van der Waals surface area contributed by atoms with Crippen molar-refractivity contribution in [3.8, 4) is 11.5 Å². The summed E-state index contributed by atoms with van der Waals surface area (Å²) in [6.07, 6.45) is 5.21. The summed E-state index contributed by atoms with van der Waals surface area (Å²) in [6.45, 7) is 0.279. The molecule has 0 atom stereocenters. The normalized spacial score (nSPS) is 13.5. The molecule has 0 spiro atoms. The van der Waals surface area contributed by atoms with Crippen molar-refractivity contribution in [3.05, 3.63) is 60.2 Å². The molecule has 0 bridgehead atoms. The van der Waals surface area contributed by atoms with Gasteiger partial charge in [-0.1, -0.05) is 30.0 Å². The van der Waals surface area contributed by atoms with Gasteiger partial charge in [0.15, 0.2) is 0 Å². The molecule has 1 saturated carbocycles. The molecule has 138 valence electrons. The summed E-state index contributed by atoms with van der Waals surface area (Å²) in [5.74, 6) is 0.177. The molecule has 6 nitrogen and oxygen atoms in total. The predicted octanol–water partition coefficient (Wildman–Crippen LogP) is 3.55. The Balaban J connectivity index is 1.39. The van der Waals surface area contributed by atoms with Gasteiger partial charge < -0.3 is 9.32 Å². The Morgan fingerprint density at radius 2 is 2.07 bits per heavy atom. The largest absolute Gasteiger partial charge is 0.411 e. The molecule has 1 aliphatic carbocycles. The molecular formula is C19H17FN4O2S. The molecule has 0 radical (unpaired) electrons. The zero-order chi connectivity index (χ0) is 18.6. The van der Waals surface area contributed by atoms with Crippen LogP contribution in [0.2, 0.25) is 0 Å². The number of aromatic nitrogens is 3. The number of carbonyl (C=O) groups is 1. The minimum absolute atomic E-state index is 0.0631. The first-order valence-corrected chi connectivity index (χ1v) is 9.59. The zero-order valence-electron chi connectivity index (χ0n) is 14.4. The van der Waals surface area contributed by atoms with Crippen LogP contribution < -0.4 is 0 Å². The van der Waals surface area contributed by atoms with Crippen molar-refractivity contribution < 1.29 is 13.6 Å². The van der Waals surface area contributed by atoms with Crippen molar-refractivity contribution in [1.29, 1.82) is 0 Å². The van der Waals surface area contributed by atoms with E-state index in [0.717, 1.165) is 18.4 Å². The summed E-state index contributed by atoms with van der Waals surface area (Å²) in [5, 5.41) is 8.28. The summed E-state index contributed by atoms with van der Waals surface area (Å²) >= 11 is 1.19. The summed E-state index contributed by atoms with van der Waals surface area (Å²) in [5.41, 5.74) is 1.25. The van der Waals surface area contributed by atoms with E-state index < -0.39 is 0 Å². The Hall–Kier alpha value is -2.74. The molecule has 1 aliphatic rings. The van der Waals surface area contributed by atoms with Gasteiger partial charge in [0, 0.05) is 30.5 Å². The van der Waals surface area contributed by atoms with Crippen molar-refractivity contribution in [2.45, 2.75) is 30.7 Å². The summed E-state index contributed by atoms with van der Waals surface area (Å²) in [4.78, 5) is 18.4. The van der Waals surface area contributed by atoms with Crippen LogP contribution in [-0.2, 0) is 11.3 Å². The lowest BCUT2D eigenvalue weighted by atomic mass is 10.2. The first kappa shape index (κ1) is 17.7. The van der Waals surface area contributed by atoms with E-state index in [2.05, 4.69) is 15.2 Å². The van der Waals surface area contributed by atoms with Gasteiger partial charge in [0.25, 0.3) is 5.22 Å². The first-order chi connectivity index (χ1) is 13.2. The van der Waals surface area contributed by atoms with E-state index in [-0.39, 0.29) is 30.1 Å². The maximum absolute atomic E-state index is 13.9. The highest BCUT2D eigenvalue weighted by Gasteiger charge is 2.33. The molecule has 2 aromatic heterocycles. The molecule has 1 fully saturated rings. The Labute approximate surface area is 159 Å². The van der Waals surface area contributed by atoms with Crippen molar-refractivity contribution >= 4 is 17.7 Å². The van der Waals surface area contributed by atoms with E-state index in [0.29, 0.717) is 16.7 Å². The molecule has 4 rings (SSSR count). The van der Waals surface area contributed by atoms with E-state index in [4.69, 9.17) is 4.42 Å². The van der Waals surface area contributed by atoms with E-state index >= 15 is 0 Å². The highest BCUT2D eigenvalue weighted by molar-refractivity contribution is 7.99. The third kappa shape index (κ3) is 4.33. The lowest BCUT2D eigenvalue weighted by Gasteiger charge is -2.22. The Bertz CT molecular complexity index is 930. The molecule has 0 unspecified atom stereocenters. The number of pyridine rings is 1. The molecule has 0 saturated heterocycles. The minimum Gasteiger partial charge on any atom is -0.411 e. The average molecular weight is 384 g/mol. The number of halogens is 1. The standard InChI is InChI=1S/C19H17FN4O2S/c20-16-6-2-1-4-14(16)11-24(15-7-8-15)17(25)12-27-19-23-22-18(26-19)13-5-3-9-21-10-13/h1-6,9-10,15H,7-8,11-12H2. The number of nitrogens with zero attached hydrogens (tertiary/aromatic N) is 4. The smallest absolute Gasteiger partial charge is 0.277 e. The van der Waals surface area contributed by atoms with E-state index in [1.165, 1.54) is 17.8 Å². The third-order valence-electron chi connectivity index (χ3n) is 4.24. The van der Waals surface area contributed by atoms with E-state index in [9.17, 15) is 9.18 Å². The quantitative estimate of drug-likeness (QED) is 0.580. The summed E-state index contributed by atoms with van der Waals surface area (Å²) < 4.78 is 19.5. The van der Waals surface area contributed by atoms with Gasteiger partial charge >= 0.3 is 0 Å². The second-order valence-corrected chi connectivity index (χ2v) is 7.17. The number of hydrogen-bond acceptors (Lipinski definition) is 6. The van der Waals surface area contributed by atoms with Gasteiger partial charge in [-0.15, -0.1) is 10.2 Å². The van der Waals surface area contributed by atoms with Gasteiger partial charge in [0.05, 0.1) is 11.3 Å². The van der Waals surface area contributed by atoms with Crippen molar-refractivity contribution in [1.82, 2.24) is 20.1 Å². The van der Waals surface area contributed by atoms with Crippen molar-refractivity contribution in [2.24, 2.45) is 0 Å². The van der Waals surface area contributed by atoms with Gasteiger partial charge in [-0.2, -0.15) is 0 Å². The number of rotatable bonds is 7. The highest BCUT2D eigenvalue weighted by Crippen LogP contribution is 2.30. The second-order valence-electron chi connectivity index (χ2n) is 6.25. The van der Waals surface area contributed by atoms with Crippen LogP contribution >= 0.6 is 11.8 Å². The van der Waals surface area contributed by atoms with Gasteiger partial charge in [-0.25, -0.2) is 4.39 Å². The van der Waals surface area contributed by atoms with Gasteiger partial charge in [0.1, 0.15) is 5.82 Å². The molecular weight excluding hydrogens is 367 g/mol. The molecule has 27 heavy (non-hydrogen) atoms. The average Bonchev–Trinajstić information content (AvgIpc) is 3.43. The van der Waals surface area contributed by atoms with Crippen LogP contribution in [0.25, 0.3) is 11.5 Å². The summed E-state index contributed by atoms with van der Waals surface area (Å²) in [7, 11) is 0. The van der Waals surface area contributed by atoms with Gasteiger partial charge in [-0.3, -0.25) is 9.78 Å². The second kappa shape index (κ2) is 7.87. The SMILES string of the molecule is O=C(CSc1nnc(-c2cccnc2)o1)N(Cc1ccccc1F)C1CC1. The maximum atomic E-state index is 13.9. The third-order valence-corrected chi connectivity index (χ3v) is 5.04. The maximum Gasteiger partial charge on any atom is 0.277 e. The molecule has 3 aromatic rings. The predicted molar refractivity (Wildman–Crippen MR) is 98.2 cm³/mol. The van der Waals surface area contributed by atoms with E-state index in [1.807, 2.05) is 6.07 Å². The fraction of sp³-hybridized carbons (Fsp3) is 0.263. The van der Waals surface area contributed by atoms with Crippen LogP contribution in [0.3, 0.4) is 0 Å². The highest BCUT2D eigenvalue weighted by atomic mass is 32.2. The number of benzene rings is 1. The van der Waals surface area contributed by atoms with Crippen molar-refractivity contribution in [2.75, 3.05) is 5.75 Å². The lowest BCUT2D eigenvalue weighted by molar-refractivity contribution is -0.129. The Morgan fingerprint density at radius 1 is 1.22 bits per heavy atom. The monoisotopic (exact) mass is 384 g/mol. The molecule has 8 heteroatoms. The molecule has 1 amide bonds. The Kier molecular flexibility index (Phi) is 5.15. The van der Waals surface area contributed by atoms with Gasteiger partial charge in [0.2, 0.25) is 11.8 Å². The van der Waals surface area contributed by atoms with Crippen LogP contribution in [0.1, 0.15) is 18.4 Å². The summed E-state index contributed by atoms with van der Waals surface area (Å²) in [6, 6.07) is 10.3. The minimum atomic E-state index is -0.290. The number of hydrogen-bond donors (Lipinski definition) is 0. The molecule has 2 heterocycles. The zero-order valence-corrected chi connectivity index (χ0v) is 15.2. The number of thioether (sulfide) groups is 1. The fourth-order valence-electron chi connectivity index (χ4n) is 2.70. The van der Waals surface area contributed by atoms with Crippen LogP contribution in [-0.4, -0.2) is 37.8 Å². The van der Waals surface area contributed by atoms with Crippen LogP contribution in [0.5, 0.6) is 0 Å². The number of amides is 1. The molecule has 0 N–H and O–H groups in total. The molecule has 1 aromatic carbocycles. The van der Waals surface area contributed by atoms with Crippen LogP contribution in [0, 0.1) is 5.82 Å². The topological polar surface area (TPSA) is 72.1 Å². The fourth-order valence-corrected chi connectivity index (χ4v) is 3.35. The Morgan fingerprint density at radius 3 is 2.81 bits per heavy atom. The van der Waals surface area contributed by atoms with Crippen LogP contribution in [0.15, 0.2) is 58.4 Å². The molecule has 0 aliphatic heterocycles. The van der Waals surface area contributed by atoms with Crippen molar-refractivity contribution in [3.63, 3.8) is 0 Å². The van der Waals surface area contributed by atoms with Gasteiger partial charge in [-0.05, 0) is 31.0 Å². The number of carbonyl (C=O) groups excluding carboxylic acids is 1. The first-order valence-electron chi connectivity index (χ1n) is 8.60. The van der Waals surface area contributed by atoms with Crippen LogP contribution in [0.4, 0.5) is 4.39 Å². The van der Waals surface area contributed by atoms with E-state index in [1.54, 1.807) is 41.6 Å². The lowest BCUT2D eigenvalue weighted by Crippen LogP contribution is -2.34.